The zero-order valence-electron chi connectivity index (χ0n) is 11.3. The van der Waals surface area contributed by atoms with Gasteiger partial charge in [-0.05, 0) is 31.4 Å². The van der Waals surface area contributed by atoms with E-state index in [0.717, 1.165) is 31.4 Å². The summed E-state index contributed by atoms with van der Waals surface area (Å²) in [7, 11) is 0. The van der Waals surface area contributed by atoms with Crippen molar-refractivity contribution in [2.45, 2.75) is 52.0 Å². The molecule has 0 saturated heterocycles. The number of aliphatic hydroxyl groups excluding tert-OH is 1. The first-order chi connectivity index (χ1) is 8.17. The van der Waals surface area contributed by atoms with Crippen LogP contribution in [0.25, 0.3) is 0 Å². The summed E-state index contributed by atoms with van der Waals surface area (Å²) in [5, 5.41) is 13.2. The number of unbranched alkanes of at least 4 members (excludes halogenated alkanes) is 1. The van der Waals surface area contributed by atoms with Crippen LogP contribution in [0.1, 0.15) is 45.1 Å². The number of aliphatic hydroxyl groups is 1. The van der Waals surface area contributed by atoms with Crippen molar-refractivity contribution >= 4 is 5.69 Å². The van der Waals surface area contributed by atoms with Crippen LogP contribution in [0.15, 0.2) is 24.3 Å². The predicted octanol–water partition coefficient (Wildman–Crippen LogP) is 3.74. The lowest BCUT2D eigenvalue weighted by molar-refractivity contribution is 0.195. The summed E-state index contributed by atoms with van der Waals surface area (Å²) in [6.45, 7) is 6.61. The SMILES string of the molecule is CCCCC(CC)(CO)Nc1ccccc1C. The molecule has 2 N–H and O–H groups in total. The van der Waals surface area contributed by atoms with E-state index in [1.165, 1.54) is 5.56 Å². The van der Waals surface area contributed by atoms with Crippen LogP contribution in [-0.4, -0.2) is 17.3 Å². The van der Waals surface area contributed by atoms with Crippen LogP contribution in [0.2, 0.25) is 0 Å². The number of nitrogens with one attached hydrogen (secondary N) is 1. The minimum atomic E-state index is -0.165. The van der Waals surface area contributed by atoms with Gasteiger partial charge in [-0.1, -0.05) is 44.9 Å². The van der Waals surface area contributed by atoms with Crippen molar-refractivity contribution in [2.75, 3.05) is 11.9 Å². The number of para-hydroxylation sites is 1. The molecule has 2 heteroatoms. The second kappa shape index (κ2) is 6.65. The molecular formula is C15H25NO. The molecular weight excluding hydrogens is 210 g/mol. The number of anilines is 1. The minimum absolute atomic E-state index is 0.165. The average molecular weight is 235 g/mol. The maximum Gasteiger partial charge on any atom is 0.0661 e. The second-order valence-electron chi connectivity index (χ2n) is 4.84. The third kappa shape index (κ3) is 3.74. The van der Waals surface area contributed by atoms with Gasteiger partial charge < -0.3 is 10.4 Å². The summed E-state index contributed by atoms with van der Waals surface area (Å²) >= 11 is 0. The molecule has 1 rings (SSSR count). The van der Waals surface area contributed by atoms with Crippen LogP contribution in [0.3, 0.4) is 0 Å². The van der Waals surface area contributed by atoms with Crippen molar-refractivity contribution in [3.63, 3.8) is 0 Å². The highest BCUT2D eigenvalue weighted by atomic mass is 16.3. The van der Waals surface area contributed by atoms with E-state index in [0.29, 0.717) is 0 Å². The molecule has 0 aliphatic rings. The van der Waals surface area contributed by atoms with E-state index in [4.69, 9.17) is 0 Å². The Morgan fingerprint density at radius 3 is 2.47 bits per heavy atom. The van der Waals surface area contributed by atoms with Gasteiger partial charge in [0.05, 0.1) is 12.1 Å². The first-order valence-electron chi connectivity index (χ1n) is 6.62. The van der Waals surface area contributed by atoms with E-state index >= 15 is 0 Å². The lowest BCUT2D eigenvalue weighted by Crippen LogP contribution is -2.41. The normalized spacial score (nSPS) is 14.4. The molecule has 0 bridgehead atoms. The Kier molecular flexibility index (Phi) is 5.49. The summed E-state index contributed by atoms with van der Waals surface area (Å²) in [5.41, 5.74) is 2.21. The van der Waals surface area contributed by atoms with Gasteiger partial charge in [0.1, 0.15) is 0 Å². The molecule has 0 heterocycles. The van der Waals surface area contributed by atoms with E-state index in [2.05, 4.69) is 38.2 Å². The quantitative estimate of drug-likeness (QED) is 0.754. The number of hydrogen-bond acceptors (Lipinski definition) is 2. The molecule has 1 aromatic rings. The van der Waals surface area contributed by atoms with E-state index in [9.17, 15) is 5.11 Å². The van der Waals surface area contributed by atoms with Crippen LogP contribution < -0.4 is 5.32 Å². The summed E-state index contributed by atoms with van der Waals surface area (Å²) in [6, 6.07) is 8.26. The van der Waals surface area contributed by atoms with Gasteiger partial charge in [0, 0.05) is 5.69 Å². The molecule has 1 aromatic carbocycles. The first kappa shape index (κ1) is 14.0. The largest absolute Gasteiger partial charge is 0.394 e. The van der Waals surface area contributed by atoms with Gasteiger partial charge in [-0.3, -0.25) is 0 Å². The molecule has 0 amide bonds. The highest BCUT2D eigenvalue weighted by Gasteiger charge is 2.26. The number of rotatable bonds is 7. The van der Waals surface area contributed by atoms with E-state index in [1.807, 2.05) is 12.1 Å². The van der Waals surface area contributed by atoms with Crippen molar-refractivity contribution in [1.82, 2.24) is 0 Å². The van der Waals surface area contributed by atoms with Crippen molar-refractivity contribution in [3.8, 4) is 0 Å². The molecule has 2 nitrogen and oxygen atoms in total. The monoisotopic (exact) mass is 235 g/mol. The van der Waals surface area contributed by atoms with Crippen LogP contribution in [0.4, 0.5) is 5.69 Å². The second-order valence-corrected chi connectivity index (χ2v) is 4.84. The number of aryl methyl sites for hydroxylation is 1. The third-order valence-electron chi connectivity index (χ3n) is 3.53. The van der Waals surface area contributed by atoms with Crippen LogP contribution in [-0.2, 0) is 0 Å². The molecule has 96 valence electrons. The molecule has 0 spiro atoms. The fraction of sp³-hybridized carbons (Fsp3) is 0.600. The van der Waals surface area contributed by atoms with E-state index < -0.39 is 0 Å². The Balaban J connectivity index is 2.82. The molecule has 17 heavy (non-hydrogen) atoms. The standard InChI is InChI=1S/C15H25NO/c1-4-6-11-15(5-2,12-17)16-14-10-8-7-9-13(14)3/h7-10,16-17H,4-6,11-12H2,1-3H3. The Morgan fingerprint density at radius 2 is 1.94 bits per heavy atom. The lowest BCUT2D eigenvalue weighted by Gasteiger charge is -2.34. The maximum atomic E-state index is 9.69. The lowest BCUT2D eigenvalue weighted by atomic mass is 9.90. The Hall–Kier alpha value is -1.02. The van der Waals surface area contributed by atoms with E-state index in [-0.39, 0.29) is 12.1 Å². The summed E-state index contributed by atoms with van der Waals surface area (Å²) in [6.07, 6.45) is 4.27. The Morgan fingerprint density at radius 1 is 1.24 bits per heavy atom. The van der Waals surface area contributed by atoms with Gasteiger partial charge in [0.25, 0.3) is 0 Å². The zero-order chi connectivity index (χ0) is 12.7. The highest BCUT2D eigenvalue weighted by molar-refractivity contribution is 5.52. The zero-order valence-corrected chi connectivity index (χ0v) is 11.3. The van der Waals surface area contributed by atoms with Gasteiger partial charge in [0.2, 0.25) is 0 Å². The van der Waals surface area contributed by atoms with Gasteiger partial charge in [-0.2, -0.15) is 0 Å². The summed E-state index contributed by atoms with van der Waals surface area (Å²) < 4.78 is 0. The number of benzene rings is 1. The van der Waals surface area contributed by atoms with Crippen LogP contribution in [0.5, 0.6) is 0 Å². The van der Waals surface area contributed by atoms with Crippen molar-refractivity contribution in [1.29, 1.82) is 0 Å². The van der Waals surface area contributed by atoms with Crippen molar-refractivity contribution in [3.05, 3.63) is 29.8 Å². The molecule has 1 unspecified atom stereocenters. The fourth-order valence-corrected chi connectivity index (χ4v) is 2.07. The molecule has 0 fully saturated rings. The summed E-state index contributed by atoms with van der Waals surface area (Å²) in [5.74, 6) is 0. The Bertz CT molecular complexity index is 331. The predicted molar refractivity (Wildman–Crippen MR) is 74.4 cm³/mol. The molecule has 1 atom stereocenters. The van der Waals surface area contributed by atoms with Crippen LogP contribution >= 0.6 is 0 Å². The molecule has 0 radical (unpaired) electrons. The third-order valence-corrected chi connectivity index (χ3v) is 3.53. The first-order valence-corrected chi connectivity index (χ1v) is 6.62. The fourth-order valence-electron chi connectivity index (χ4n) is 2.07. The van der Waals surface area contributed by atoms with Crippen molar-refractivity contribution in [2.24, 2.45) is 0 Å². The number of hydrogen-bond donors (Lipinski definition) is 2. The topological polar surface area (TPSA) is 32.3 Å². The summed E-state index contributed by atoms with van der Waals surface area (Å²) in [4.78, 5) is 0. The van der Waals surface area contributed by atoms with Gasteiger partial charge in [-0.15, -0.1) is 0 Å². The molecule has 0 aliphatic carbocycles. The molecule has 0 saturated carbocycles. The van der Waals surface area contributed by atoms with Gasteiger partial charge in [-0.25, -0.2) is 0 Å². The van der Waals surface area contributed by atoms with E-state index in [1.54, 1.807) is 0 Å². The molecule has 0 aromatic heterocycles. The minimum Gasteiger partial charge on any atom is -0.394 e. The molecule has 0 aliphatic heterocycles. The maximum absolute atomic E-state index is 9.69. The highest BCUT2D eigenvalue weighted by Crippen LogP contribution is 2.26. The van der Waals surface area contributed by atoms with Crippen LogP contribution in [0, 0.1) is 6.92 Å². The van der Waals surface area contributed by atoms with Crippen molar-refractivity contribution < 1.29 is 5.11 Å². The van der Waals surface area contributed by atoms with Gasteiger partial charge >= 0.3 is 0 Å². The Labute approximate surface area is 105 Å². The average Bonchev–Trinajstić information content (AvgIpc) is 2.37. The van der Waals surface area contributed by atoms with Gasteiger partial charge in [0.15, 0.2) is 0 Å². The smallest absolute Gasteiger partial charge is 0.0661 e.